The molecule has 16 nitrogen and oxygen atoms in total. The summed E-state index contributed by atoms with van der Waals surface area (Å²) in [7, 11) is 0. The van der Waals surface area contributed by atoms with Gasteiger partial charge in [0.25, 0.3) is 11.8 Å². The van der Waals surface area contributed by atoms with E-state index in [1.165, 1.54) is 10.5 Å². The Hall–Kier alpha value is -6.68. The number of hydrogen-bond donors (Lipinski definition) is 4. The maximum absolute atomic E-state index is 13.1. The number of carbonyl (C=O) groups excluding carboxylic acids is 5. The average molecular weight is 784 g/mol. The molecule has 8 rings (SSSR count). The number of para-hydroxylation sites is 1. The second kappa shape index (κ2) is 17.2. The van der Waals surface area contributed by atoms with Gasteiger partial charge in [-0.05, 0) is 61.7 Å². The number of rotatable bonds is 14. The van der Waals surface area contributed by atoms with Crippen molar-refractivity contribution in [3.63, 3.8) is 0 Å². The van der Waals surface area contributed by atoms with Crippen molar-refractivity contribution in [3.05, 3.63) is 108 Å². The first-order chi connectivity index (χ1) is 28.3. The third-order valence-corrected chi connectivity index (χ3v) is 10.8. The molecule has 0 bridgehead atoms. The fraction of sp³-hybridized carbons (Fsp3) is 0.333. The number of piperazine rings is 1. The van der Waals surface area contributed by atoms with Crippen LogP contribution in [-0.2, 0) is 27.5 Å². The summed E-state index contributed by atoms with van der Waals surface area (Å²) < 4.78 is 1.91. The van der Waals surface area contributed by atoms with E-state index in [9.17, 15) is 24.0 Å². The molecule has 16 heteroatoms. The highest BCUT2D eigenvalue weighted by Gasteiger charge is 2.40. The third-order valence-electron chi connectivity index (χ3n) is 10.8. The highest BCUT2D eigenvalue weighted by molar-refractivity contribution is 6.06. The number of fused-ring (bicyclic) bond motifs is 2. The number of piperidine rings is 1. The predicted molar refractivity (Wildman–Crippen MR) is 216 cm³/mol. The molecule has 3 aliphatic rings. The molecule has 0 spiro atoms. The van der Waals surface area contributed by atoms with Crippen molar-refractivity contribution in [1.29, 1.82) is 0 Å². The van der Waals surface area contributed by atoms with Crippen molar-refractivity contribution < 1.29 is 24.0 Å². The van der Waals surface area contributed by atoms with Crippen molar-refractivity contribution in [2.75, 3.05) is 56.0 Å². The molecule has 2 aromatic heterocycles. The van der Waals surface area contributed by atoms with E-state index in [2.05, 4.69) is 52.3 Å². The molecule has 298 valence electrons. The van der Waals surface area contributed by atoms with Crippen molar-refractivity contribution in [2.24, 2.45) is 0 Å². The van der Waals surface area contributed by atoms with Crippen LogP contribution in [0.5, 0.6) is 0 Å². The second-order valence-electron chi connectivity index (χ2n) is 14.7. The number of aromatic nitrogens is 4. The molecule has 5 aromatic rings. The summed E-state index contributed by atoms with van der Waals surface area (Å²) in [5, 5.41) is 16.7. The summed E-state index contributed by atoms with van der Waals surface area (Å²) in [5.74, 6) is -0.605. The molecule has 5 amide bonds. The van der Waals surface area contributed by atoms with E-state index in [1.54, 1.807) is 30.6 Å². The lowest BCUT2D eigenvalue weighted by Crippen LogP contribution is -2.52. The van der Waals surface area contributed by atoms with Crippen molar-refractivity contribution in [1.82, 2.24) is 45.5 Å². The molecule has 0 saturated carbocycles. The topological polar surface area (TPSA) is 187 Å². The largest absolute Gasteiger partial charge is 0.376 e. The molecule has 1 atom stereocenters. The van der Waals surface area contributed by atoms with Gasteiger partial charge in [-0.25, -0.2) is 14.6 Å². The van der Waals surface area contributed by atoms with Gasteiger partial charge in [0.05, 0.1) is 23.9 Å². The molecule has 58 heavy (non-hydrogen) atoms. The predicted octanol–water partition coefficient (Wildman–Crippen LogP) is 2.64. The molecule has 3 aliphatic heterocycles. The Labute approximate surface area is 335 Å². The lowest BCUT2D eigenvalue weighted by Gasteiger charge is -2.35. The first kappa shape index (κ1) is 38.2. The zero-order valence-corrected chi connectivity index (χ0v) is 32.0. The first-order valence-corrected chi connectivity index (χ1v) is 19.7. The molecule has 2 saturated heterocycles. The third kappa shape index (κ3) is 8.51. The number of nitrogens with one attached hydrogen (secondary N) is 4. The number of hydrogen-bond acceptors (Lipinski definition) is 11. The molecule has 1 unspecified atom stereocenters. The molecular formula is C42H45N11O5. The quantitative estimate of drug-likeness (QED) is 0.0959. The van der Waals surface area contributed by atoms with Crippen LogP contribution in [0.2, 0.25) is 0 Å². The summed E-state index contributed by atoms with van der Waals surface area (Å²) >= 11 is 0. The molecule has 4 N–H and O–H groups in total. The van der Waals surface area contributed by atoms with Gasteiger partial charge in [-0.15, -0.1) is 0 Å². The summed E-state index contributed by atoms with van der Waals surface area (Å²) in [6.45, 7) is 5.35. The molecular weight excluding hydrogens is 739 g/mol. The Morgan fingerprint density at radius 1 is 0.879 bits per heavy atom. The Morgan fingerprint density at radius 3 is 2.50 bits per heavy atom. The van der Waals surface area contributed by atoms with Gasteiger partial charge < -0.3 is 25.8 Å². The molecule has 0 aliphatic carbocycles. The van der Waals surface area contributed by atoms with Crippen LogP contribution in [0.1, 0.15) is 57.5 Å². The zero-order chi connectivity index (χ0) is 40.0. The van der Waals surface area contributed by atoms with E-state index < -0.39 is 11.9 Å². The normalized spacial score (nSPS) is 17.0. The van der Waals surface area contributed by atoms with Gasteiger partial charge in [-0.1, -0.05) is 24.3 Å². The highest BCUT2D eigenvalue weighted by atomic mass is 16.2. The fourth-order valence-corrected chi connectivity index (χ4v) is 7.75. The lowest BCUT2D eigenvalue weighted by atomic mass is 10.0. The number of amides is 5. The first-order valence-electron chi connectivity index (χ1n) is 19.7. The van der Waals surface area contributed by atoms with Crippen molar-refractivity contribution >= 4 is 51.9 Å². The monoisotopic (exact) mass is 783 g/mol. The van der Waals surface area contributed by atoms with Crippen LogP contribution in [0.25, 0.3) is 16.6 Å². The molecule has 2 fully saturated rings. The van der Waals surface area contributed by atoms with Gasteiger partial charge in [0.1, 0.15) is 18.2 Å². The van der Waals surface area contributed by atoms with Crippen LogP contribution < -0.4 is 26.2 Å². The van der Waals surface area contributed by atoms with E-state index in [-0.39, 0.29) is 49.6 Å². The van der Waals surface area contributed by atoms with Gasteiger partial charge in [0, 0.05) is 98.3 Å². The minimum Gasteiger partial charge on any atom is -0.376 e. The minimum atomic E-state index is -0.706. The number of carbonyl (C=O) groups is 5. The maximum atomic E-state index is 13.1. The van der Waals surface area contributed by atoms with Crippen LogP contribution in [-0.4, -0.2) is 111 Å². The van der Waals surface area contributed by atoms with Gasteiger partial charge in [0.15, 0.2) is 0 Å². The maximum Gasteiger partial charge on any atom is 0.255 e. The number of nitrogens with zero attached hydrogens (tertiary/aromatic N) is 7. The smallest absolute Gasteiger partial charge is 0.255 e. The van der Waals surface area contributed by atoms with E-state index in [1.807, 2.05) is 53.3 Å². The van der Waals surface area contributed by atoms with E-state index in [0.717, 1.165) is 55.2 Å². The lowest BCUT2D eigenvalue weighted by molar-refractivity contribution is -0.137. The van der Waals surface area contributed by atoms with Crippen LogP contribution in [0.15, 0.2) is 85.5 Å². The number of anilines is 2. The summed E-state index contributed by atoms with van der Waals surface area (Å²) in [5.41, 5.74) is 5.28. The number of benzene rings is 3. The van der Waals surface area contributed by atoms with Crippen molar-refractivity contribution in [3.8, 4) is 5.69 Å². The van der Waals surface area contributed by atoms with Crippen LogP contribution in [0.3, 0.4) is 0 Å². The summed E-state index contributed by atoms with van der Waals surface area (Å²) in [6.07, 6.45) is 7.37. The number of unbranched alkanes of at least 4 members (excludes halogenated alkanes) is 1. The van der Waals surface area contributed by atoms with Gasteiger partial charge >= 0.3 is 0 Å². The van der Waals surface area contributed by atoms with E-state index in [4.69, 9.17) is 0 Å². The SMILES string of the molecule is O=C(CNc1cccc2c1CN(C1CCC(=O)NC1=O)C2=O)NCCCCNC(=O)c1ccc2c(N3CCN(Cc4cnn(-c5ccccc5)c4)CC3)ncnc2c1. The van der Waals surface area contributed by atoms with Crippen LogP contribution >= 0.6 is 0 Å². The minimum absolute atomic E-state index is 0.00589. The fourth-order valence-electron chi connectivity index (χ4n) is 7.75. The Balaban J connectivity index is 0.748. The Bertz CT molecular complexity index is 2340. The van der Waals surface area contributed by atoms with Crippen LogP contribution in [0.4, 0.5) is 11.5 Å². The average Bonchev–Trinajstić information content (AvgIpc) is 3.85. The van der Waals surface area contributed by atoms with Gasteiger partial charge in [0.2, 0.25) is 17.7 Å². The molecule has 0 radical (unpaired) electrons. The Morgan fingerprint density at radius 2 is 1.69 bits per heavy atom. The van der Waals surface area contributed by atoms with Crippen LogP contribution in [0, 0.1) is 0 Å². The zero-order valence-electron chi connectivity index (χ0n) is 32.0. The Kier molecular flexibility index (Phi) is 11.3. The molecule has 3 aromatic carbocycles. The van der Waals surface area contributed by atoms with E-state index in [0.29, 0.717) is 48.3 Å². The molecule has 5 heterocycles. The van der Waals surface area contributed by atoms with Crippen molar-refractivity contribution in [2.45, 2.75) is 44.8 Å². The highest BCUT2D eigenvalue weighted by Crippen LogP contribution is 2.32. The standard InChI is InChI=1S/C42H45N11O5/c54-37-14-13-36(41(57)49-37)52-26-33-31(42(52)58)9-6-10-34(33)45-23-38(55)43-15-4-5-16-44-40(56)29-11-12-32-35(21-29)46-27-47-39(32)51-19-17-50(18-20-51)24-28-22-48-53(25-28)30-7-2-1-3-8-30/h1-3,6-12,21-22,25,27,36,45H,4-5,13-20,23-24,26H2,(H,43,55)(H,44,56)(H,49,54,57). The van der Waals surface area contributed by atoms with Gasteiger partial charge in [-0.3, -0.25) is 34.2 Å². The number of imide groups is 1. The summed E-state index contributed by atoms with van der Waals surface area (Å²) in [4.78, 5) is 78.0. The van der Waals surface area contributed by atoms with Gasteiger partial charge in [-0.2, -0.15) is 5.10 Å². The summed E-state index contributed by atoms with van der Waals surface area (Å²) in [6, 6.07) is 20.1. The van der Waals surface area contributed by atoms with E-state index >= 15 is 0 Å². The second-order valence-corrected chi connectivity index (χ2v) is 14.7.